The van der Waals surface area contributed by atoms with E-state index in [-0.39, 0.29) is 18.3 Å². The molecule has 1 atom stereocenters. The zero-order valence-corrected chi connectivity index (χ0v) is 12.6. The third-order valence-electron chi connectivity index (χ3n) is 3.69. The molecule has 0 saturated carbocycles. The van der Waals surface area contributed by atoms with Crippen LogP contribution in [0.2, 0.25) is 0 Å². The quantitative estimate of drug-likeness (QED) is 0.846. The Labute approximate surface area is 129 Å². The van der Waals surface area contributed by atoms with Crippen molar-refractivity contribution >= 4 is 18.3 Å². The molecule has 21 heavy (non-hydrogen) atoms. The van der Waals surface area contributed by atoms with Crippen LogP contribution < -0.4 is 10.6 Å². The fourth-order valence-corrected chi connectivity index (χ4v) is 2.46. The Hall–Kier alpha value is -1.20. The largest absolute Gasteiger partial charge is 0.356 e. The Kier molecular flexibility index (Phi) is 7.61. The SMILES string of the molecule is Cl.O=C(CCC1CCNC1)NCCc1cccc(F)c1F. The van der Waals surface area contributed by atoms with E-state index in [0.29, 0.717) is 30.9 Å². The highest BCUT2D eigenvalue weighted by Gasteiger charge is 2.15. The Balaban J connectivity index is 0.00000220. The van der Waals surface area contributed by atoms with Gasteiger partial charge in [0.2, 0.25) is 5.91 Å². The van der Waals surface area contributed by atoms with Crippen molar-refractivity contribution in [3.63, 3.8) is 0 Å². The standard InChI is InChI=1S/C15H20F2N2O.ClH/c16-13-3-1-2-12(15(13)17)7-9-19-14(20)5-4-11-6-8-18-10-11;/h1-3,11,18H,4-10H2,(H,19,20);1H. The summed E-state index contributed by atoms with van der Waals surface area (Å²) in [5.74, 6) is -1.10. The fourth-order valence-electron chi connectivity index (χ4n) is 2.46. The average Bonchev–Trinajstić information content (AvgIpc) is 2.94. The number of rotatable bonds is 6. The zero-order chi connectivity index (χ0) is 14.4. The summed E-state index contributed by atoms with van der Waals surface area (Å²) in [6.07, 6.45) is 2.81. The molecule has 6 heteroatoms. The highest BCUT2D eigenvalue weighted by atomic mass is 35.5. The van der Waals surface area contributed by atoms with E-state index in [4.69, 9.17) is 0 Å². The van der Waals surface area contributed by atoms with Crippen molar-refractivity contribution < 1.29 is 13.6 Å². The number of hydrogen-bond donors (Lipinski definition) is 2. The molecule has 1 aromatic rings. The predicted molar refractivity (Wildman–Crippen MR) is 80.5 cm³/mol. The van der Waals surface area contributed by atoms with Crippen LogP contribution in [0, 0.1) is 17.6 Å². The Morgan fingerprint density at radius 1 is 1.38 bits per heavy atom. The molecule has 2 rings (SSSR count). The van der Waals surface area contributed by atoms with Crippen LogP contribution >= 0.6 is 12.4 Å². The molecule has 0 radical (unpaired) electrons. The topological polar surface area (TPSA) is 41.1 Å². The Morgan fingerprint density at radius 3 is 2.90 bits per heavy atom. The van der Waals surface area contributed by atoms with Gasteiger partial charge in [-0.25, -0.2) is 8.78 Å². The summed E-state index contributed by atoms with van der Waals surface area (Å²) in [4.78, 5) is 11.6. The first kappa shape index (κ1) is 17.9. The molecule has 2 N–H and O–H groups in total. The highest BCUT2D eigenvalue weighted by Crippen LogP contribution is 2.14. The lowest BCUT2D eigenvalue weighted by Gasteiger charge is -2.09. The lowest BCUT2D eigenvalue weighted by Crippen LogP contribution is -2.26. The second kappa shape index (κ2) is 8.95. The average molecular weight is 319 g/mol. The summed E-state index contributed by atoms with van der Waals surface area (Å²) in [5.41, 5.74) is 0.297. The molecule has 0 aliphatic carbocycles. The van der Waals surface area contributed by atoms with Crippen LogP contribution in [-0.4, -0.2) is 25.5 Å². The number of carbonyl (C=O) groups is 1. The van der Waals surface area contributed by atoms with Gasteiger partial charge in [0, 0.05) is 13.0 Å². The lowest BCUT2D eigenvalue weighted by molar-refractivity contribution is -0.121. The van der Waals surface area contributed by atoms with Gasteiger partial charge in [-0.15, -0.1) is 12.4 Å². The van der Waals surface area contributed by atoms with E-state index in [9.17, 15) is 13.6 Å². The normalized spacial score (nSPS) is 17.3. The van der Waals surface area contributed by atoms with Gasteiger partial charge in [0.25, 0.3) is 0 Å². The van der Waals surface area contributed by atoms with Gasteiger partial charge in [-0.1, -0.05) is 12.1 Å². The number of carbonyl (C=O) groups excluding carboxylic acids is 1. The van der Waals surface area contributed by atoms with E-state index in [1.165, 1.54) is 12.1 Å². The van der Waals surface area contributed by atoms with Crippen molar-refractivity contribution in [3.05, 3.63) is 35.4 Å². The van der Waals surface area contributed by atoms with Crippen molar-refractivity contribution in [2.24, 2.45) is 5.92 Å². The molecular weight excluding hydrogens is 298 g/mol. The number of amides is 1. The third-order valence-corrected chi connectivity index (χ3v) is 3.69. The summed E-state index contributed by atoms with van der Waals surface area (Å²) in [6.45, 7) is 2.36. The Bertz CT molecular complexity index is 465. The molecule has 1 amide bonds. The summed E-state index contributed by atoms with van der Waals surface area (Å²) >= 11 is 0. The maximum absolute atomic E-state index is 13.4. The number of nitrogens with one attached hydrogen (secondary N) is 2. The molecule has 0 spiro atoms. The summed E-state index contributed by atoms with van der Waals surface area (Å²) < 4.78 is 26.4. The lowest BCUT2D eigenvalue weighted by atomic mass is 10.0. The molecule has 3 nitrogen and oxygen atoms in total. The van der Waals surface area contributed by atoms with E-state index in [2.05, 4.69) is 10.6 Å². The second-order valence-corrected chi connectivity index (χ2v) is 5.21. The van der Waals surface area contributed by atoms with Gasteiger partial charge in [-0.05, 0) is 49.9 Å². The molecule has 118 valence electrons. The van der Waals surface area contributed by atoms with Crippen molar-refractivity contribution in [3.8, 4) is 0 Å². The van der Waals surface area contributed by atoms with Crippen molar-refractivity contribution in [2.45, 2.75) is 25.7 Å². The smallest absolute Gasteiger partial charge is 0.220 e. The summed E-state index contributed by atoms with van der Waals surface area (Å²) in [5, 5.41) is 6.02. The minimum absolute atomic E-state index is 0. The van der Waals surface area contributed by atoms with Gasteiger partial charge in [0.1, 0.15) is 0 Å². The van der Waals surface area contributed by atoms with Crippen LogP contribution in [0.5, 0.6) is 0 Å². The fraction of sp³-hybridized carbons (Fsp3) is 0.533. The van der Waals surface area contributed by atoms with E-state index in [1.807, 2.05) is 0 Å². The van der Waals surface area contributed by atoms with Crippen LogP contribution in [0.1, 0.15) is 24.8 Å². The molecule has 1 fully saturated rings. The van der Waals surface area contributed by atoms with Gasteiger partial charge in [-0.2, -0.15) is 0 Å². The number of hydrogen-bond acceptors (Lipinski definition) is 2. The molecule has 0 aromatic heterocycles. The third kappa shape index (κ3) is 5.59. The first-order valence-electron chi connectivity index (χ1n) is 7.07. The van der Waals surface area contributed by atoms with Crippen LogP contribution in [-0.2, 0) is 11.2 Å². The molecule has 1 unspecified atom stereocenters. The number of halogens is 3. The maximum Gasteiger partial charge on any atom is 0.220 e. The van der Waals surface area contributed by atoms with Crippen LogP contribution in [0.4, 0.5) is 8.78 Å². The van der Waals surface area contributed by atoms with Gasteiger partial charge in [0.15, 0.2) is 11.6 Å². The minimum atomic E-state index is -0.845. The van der Waals surface area contributed by atoms with E-state index >= 15 is 0 Å². The first-order valence-corrected chi connectivity index (χ1v) is 7.07. The monoisotopic (exact) mass is 318 g/mol. The maximum atomic E-state index is 13.4. The van der Waals surface area contributed by atoms with Crippen molar-refractivity contribution in [1.29, 1.82) is 0 Å². The molecule has 0 bridgehead atoms. The minimum Gasteiger partial charge on any atom is -0.356 e. The van der Waals surface area contributed by atoms with Crippen LogP contribution in [0.15, 0.2) is 18.2 Å². The molecule has 1 heterocycles. The van der Waals surface area contributed by atoms with Gasteiger partial charge >= 0.3 is 0 Å². The van der Waals surface area contributed by atoms with Crippen LogP contribution in [0.3, 0.4) is 0 Å². The highest BCUT2D eigenvalue weighted by molar-refractivity contribution is 5.85. The second-order valence-electron chi connectivity index (χ2n) is 5.21. The number of benzene rings is 1. The summed E-state index contributed by atoms with van der Waals surface area (Å²) in [6, 6.07) is 4.10. The summed E-state index contributed by atoms with van der Waals surface area (Å²) in [7, 11) is 0. The van der Waals surface area contributed by atoms with Crippen LogP contribution in [0.25, 0.3) is 0 Å². The van der Waals surface area contributed by atoms with E-state index in [0.717, 1.165) is 32.0 Å². The van der Waals surface area contributed by atoms with Crippen molar-refractivity contribution in [2.75, 3.05) is 19.6 Å². The Morgan fingerprint density at radius 2 is 2.19 bits per heavy atom. The predicted octanol–water partition coefficient (Wildman–Crippen LogP) is 2.44. The molecule has 1 aliphatic heterocycles. The van der Waals surface area contributed by atoms with Crippen molar-refractivity contribution in [1.82, 2.24) is 10.6 Å². The first-order chi connectivity index (χ1) is 9.66. The molecular formula is C15H21ClF2N2O. The van der Waals surface area contributed by atoms with Gasteiger partial charge < -0.3 is 10.6 Å². The van der Waals surface area contributed by atoms with Gasteiger partial charge in [0.05, 0.1) is 0 Å². The zero-order valence-electron chi connectivity index (χ0n) is 11.8. The van der Waals surface area contributed by atoms with E-state index in [1.54, 1.807) is 0 Å². The van der Waals surface area contributed by atoms with E-state index < -0.39 is 11.6 Å². The molecule has 1 aliphatic rings. The van der Waals surface area contributed by atoms with Gasteiger partial charge in [-0.3, -0.25) is 4.79 Å². The molecule has 1 saturated heterocycles. The molecule has 1 aromatic carbocycles.